The Kier molecular flexibility index (Phi) is 6.95. The Balaban J connectivity index is 1.46. The molecule has 1 saturated heterocycles. The normalized spacial score (nSPS) is 18.5. The summed E-state index contributed by atoms with van der Waals surface area (Å²) in [5.41, 5.74) is 1.27. The van der Waals surface area contributed by atoms with Gasteiger partial charge in [-0.1, -0.05) is 35.5 Å². The second kappa shape index (κ2) is 9.62. The lowest BCUT2D eigenvalue weighted by Gasteiger charge is -2.25. The highest BCUT2D eigenvalue weighted by Crippen LogP contribution is 2.17. The van der Waals surface area contributed by atoms with Crippen molar-refractivity contribution < 1.29 is 14.4 Å². The van der Waals surface area contributed by atoms with Crippen molar-refractivity contribution in [2.24, 2.45) is 0 Å². The Morgan fingerprint density at radius 1 is 1.26 bits per heavy atom. The number of rotatable bonds is 8. The molecular weight excluding hydrogens is 344 g/mol. The van der Waals surface area contributed by atoms with Crippen LogP contribution in [0.5, 0.6) is 0 Å². The maximum absolute atomic E-state index is 10.9. The zero-order valence-corrected chi connectivity index (χ0v) is 15.9. The number of carboxylic acid groups (broad SMARTS) is 1. The molecule has 0 aliphatic carbocycles. The second-order valence-electron chi connectivity index (χ2n) is 7.26. The van der Waals surface area contributed by atoms with Crippen molar-refractivity contribution in [3.05, 3.63) is 47.6 Å². The zero-order valence-electron chi connectivity index (χ0n) is 15.9. The number of benzene rings is 1. The lowest BCUT2D eigenvalue weighted by molar-refractivity contribution is -0.138. The van der Waals surface area contributed by atoms with Crippen molar-refractivity contribution in [2.45, 2.75) is 44.7 Å². The van der Waals surface area contributed by atoms with Gasteiger partial charge in [0.1, 0.15) is 0 Å². The fraction of sp³-hybridized carbons (Fsp3) is 0.550. The predicted octanol–water partition coefficient (Wildman–Crippen LogP) is 2.23. The van der Waals surface area contributed by atoms with Crippen LogP contribution in [-0.4, -0.2) is 63.7 Å². The van der Waals surface area contributed by atoms with Crippen LogP contribution in [0.1, 0.15) is 36.5 Å². The number of hydrogen-bond acceptors (Lipinski definition) is 6. The van der Waals surface area contributed by atoms with E-state index in [-0.39, 0.29) is 6.54 Å². The molecule has 1 unspecified atom stereocenters. The first-order valence-corrected chi connectivity index (χ1v) is 9.60. The highest BCUT2D eigenvalue weighted by atomic mass is 16.5. The number of aromatic nitrogens is 2. The van der Waals surface area contributed by atoms with Gasteiger partial charge in [-0.15, -0.1) is 0 Å². The van der Waals surface area contributed by atoms with Crippen LogP contribution in [0.2, 0.25) is 0 Å². The third-order valence-corrected chi connectivity index (χ3v) is 5.15. The van der Waals surface area contributed by atoms with E-state index < -0.39 is 5.97 Å². The molecule has 0 amide bonds. The van der Waals surface area contributed by atoms with Crippen LogP contribution in [0.3, 0.4) is 0 Å². The molecule has 1 fully saturated rings. The Morgan fingerprint density at radius 3 is 2.85 bits per heavy atom. The zero-order chi connectivity index (χ0) is 19.1. The monoisotopic (exact) mass is 372 g/mol. The lowest BCUT2D eigenvalue weighted by atomic mass is 10.1. The first-order valence-electron chi connectivity index (χ1n) is 9.60. The number of likely N-dealkylation sites (N-methyl/N-ethyl adjacent to an activating group) is 1. The third kappa shape index (κ3) is 6.15. The number of carboxylic acids is 1. The third-order valence-electron chi connectivity index (χ3n) is 5.15. The van der Waals surface area contributed by atoms with Gasteiger partial charge in [0.05, 0.1) is 13.1 Å². The molecule has 0 radical (unpaired) electrons. The minimum Gasteiger partial charge on any atom is -0.480 e. The summed E-state index contributed by atoms with van der Waals surface area (Å²) in [7, 11) is 1.89. The number of aliphatic carboxylic acids is 1. The molecule has 27 heavy (non-hydrogen) atoms. The maximum atomic E-state index is 10.9. The minimum absolute atomic E-state index is 0.0963. The number of likely N-dealkylation sites (tertiary alicyclic amines) is 1. The summed E-state index contributed by atoms with van der Waals surface area (Å²) in [6.07, 6.45) is 4.70. The van der Waals surface area contributed by atoms with Gasteiger partial charge in [0, 0.05) is 19.0 Å². The van der Waals surface area contributed by atoms with Crippen LogP contribution in [0.4, 0.5) is 0 Å². The highest BCUT2D eigenvalue weighted by Gasteiger charge is 2.22. The molecule has 1 aliphatic rings. The van der Waals surface area contributed by atoms with Gasteiger partial charge in [0.25, 0.3) is 0 Å². The predicted molar refractivity (Wildman–Crippen MR) is 101 cm³/mol. The van der Waals surface area contributed by atoms with Crippen LogP contribution >= 0.6 is 0 Å². The summed E-state index contributed by atoms with van der Waals surface area (Å²) >= 11 is 0. The van der Waals surface area contributed by atoms with E-state index in [4.69, 9.17) is 9.63 Å². The topological polar surface area (TPSA) is 82.7 Å². The summed E-state index contributed by atoms with van der Waals surface area (Å²) in [4.78, 5) is 19.7. The van der Waals surface area contributed by atoms with Gasteiger partial charge in [0.2, 0.25) is 5.89 Å². The van der Waals surface area contributed by atoms with Gasteiger partial charge in [-0.2, -0.15) is 4.98 Å². The Labute approximate surface area is 160 Å². The first-order chi connectivity index (χ1) is 13.1. The van der Waals surface area contributed by atoms with Gasteiger partial charge in [-0.25, -0.2) is 0 Å². The largest absolute Gasteiger partial charge is 0.480 e. The molecule has 1 aliphatic heterocycles. The van der Waals surface area contributed by atoms with E-state index in [0.29, 0.717) is 18.5 Å². The summed E-state index contributed by atoms with van der Waals surface area (Å²) < 4.78 is 5.43. The van der Waals surface area contributed by atoms with Crippen LogP contribution in [0.25, 0.3) is 0 Å². The molecule has 0 saturated carbocycles. The number of carbonyl (C=O) groups is 1. The molecule has 7 nitrogen and oxygen atoms in total. The van der Waals surface area contributed by atoms with Gasteiger partial charge in [0.15, 0.2) is 5.82 Å². The number of hydrogen-bond donors (Lipinski definition) is 1. The van der Waals surface area contributed by atoms with E-state index in [0.717, 1.165) is 51.0 Å². The van der Waals surface area contributed by atoms with Crippen LogP contribution in [0, 0.1) is 0 Å². The Morgan fingerprint density at radius 2 is 2.07 bits per heavy atom. The van der Waals surface area contributed by atoms with Gasteiger partial charge < -0.3 is 9.63 Å². The summed E-state index contributed by atoms with van der Waals surface area (Å²) in [5, 5.41) is 13.1. The fourth-order valence-corrected chi connectivity index (χ4v) is 3.63. The van der Waals surface area contributed by atoms with E-state index >= 15 is 0 Å². The maximum Gasteiger partial charge on any atom is 0.317 e. The molecule has 146 valence electrons. The number of nitrogens with zero attached hydrogens (tertiary/aromatic N) is 4. The lowest BCUT2D eigenvalue weighted by Crippen LogP contribution is -2.36. The standard InChI is InChI=1S/C20H28N4O3/c1-23(15-20(25)26)17-8-5-12-24(13-11-17)14-19-21-18(22-27-19)10-9-16-6-3-2-4-7-16/h2-4,6-7,17H,5,8-15H2,1H3,(H,25,26). The number of aryl methyl sites for hydroxylation is 2. The van der Waals surface area contributed by atoms with E-state index in [1.54, 1.807) is 0 Å². The molecule has 7 heteroatoms. The van der Waals surface area contributed by atoms with Gasteiger partial charge in [-0.3, -0.25) is 14.6 Å². The molecule has 0 bridgehead atoms. The molecule has 0 spiro atoms. The second-order valence-corrected chi connectivity index (χ2v) is 7.26. The SMILES string of the molecule is CN(CC(=O)O)C1CCCN(Cc2nc(CCc3ccccc3)no2)CC1. The summed E-state index contributed by atoms with van der Waals surface area (Å²) in [5.74, 6) is 0.644. The van der Waals surface area contributed by atoms with Crippen molar-refractivity contribution in [1.82, 2.24) is 19.9 Å². The van der Waals surface area contributed by atoms with Crippen molar-refractivity contribution in [3.63, 3.8) is 0 Å². The van der Waals surface area contributed by atoms with Crippen LogP contribution in [0.15, 0.2) is 34.9 Å². The highest BCUT2D eigenvalue weighted by molar-refractivity contribution is 5.69. The smallest absolute Gasteiger partial charge is 0.317 e. The average molecular weight is 372 g/mol. The van der Waals surface area contributed by atoms with Crippen molar-refractivity contribution in [2.75, 3.05) is 26.7 Å². The van der Waals surface area contributed by atoms with E-state index in [9.17, 15) is 4.79 Å². The van der Waals surface area contributed by atoms with Crippen molar-refractivity contribution in [1.29, 1.82) is 0 Å². The van der Waals surface area contributed by atoms with E-state index in [2.05, 4.69) is 27.2 Å². The molecule has 1 N–H and O–H groups in total. The fourth-order valence-electron chi connectivity index (χ4n) is 3.63. The van der Waals surface area contributed by atoms with E-state index in [1.807, 2.05) is 30.1 Å². The molecule has 1 atom stereocenters. The Hall–Kier alpha value is -2.25. The van der Waals surface area contributed by atoms with Gasteiger partial charge in [-0.05, 0) is 44.8 Å². The molecule has 1 aromatic carbocycles. The molecule has 2 heterocycles. The first kappa shape index (κ1) is 19.5. The molecule has 3 rings (SSSR count). The molecular formula is C20H28N4O3. The Bertz CT molecular complexity index is 719. The summed E-state index contributed by atoms with van der Waals surface area (Å²) in [6, 6.07) is 10.6. The minimum atomic E-state index is -0.771. The summed E-state index contributed by atoms with van der Waals surface area (Å²) in [6.45, 7) is 2.64. The van der Waals surface area contributed by atoms with E-state index in [1.165, 1.54) is 5.56 Å². The quantitative estimate of drug-likeness (QED) is 0.761. The van der Waals surface area contributed by atoms with Crippen LogP contribution < -0.4 is 0 Å². The van der Waals surface area contributed by atoms with Crippen molar-refractivity contribution >= 4 is 5.97 Å². The molecule has 1 aromatic heterocycles. The average Bonchev–Trinajstić information content (AvgIpc) is 2.96. The molecule has 2 aromatic rings. The van der Waals surface area contributed by atoms with Crippen molar-refractivity contribution in [3.8, 4) is 0 Å². The van der Waals surface area contributed by atoms with Crippen LogP contribution in [-0.2, 0) is 24.2 Å². The van der Waals surface area contributed by atoms with Gasteiger partial charge >= 0.3 is 5.97 Å².